The zero-order chi connectivity index (χ0) is 12.6. The van der Waals surface area contributed by atoms with Gasteiger partial charge in [-0.25, -0.2) is 0 Å². The number of nitrogens with one attached hydrogen (secondary N) is 2. The quantitative estimate of drug-likeness (QED) is 0.626. The monoisotopic (exact) mass is 248 g/mol. The second kappa shape index (κ2) is 7.92. The van der Waals surface area contributed by atoms with Crippen molar-refractivity contribution in [2.75, 3.05) is 33.1 Å². The van der Waals surface area contributed by atoms with Crippen molar-refractivity contribution in [1.82, 2.24) is 10.6 Å². The summed E-state index contributed by atoms with van der Waals surface area (Å²) in [6, 6.07) is -0.164. The van der Waals surface area contributed by atoms with E-state index in [0.29, 0.717) is 13.2 Å². The summed E-state index contributed by atoms with van der Waals surface area (Å²) in [4.78, 5) is 11.6. The summed E-state index contributed by atoms with van der Waals surface area (Å²) < 4.78 is 5.02. The number of hydrogen-bond donors (Lipinski definition) is 2. The molecule has 0 aliphatic carbocycles. The Hall–Kier alpha value is -0.260. The smallest absolute Gasteiger partial charge is 0.236 e. The average Bonchev–Trinajstić information content (AvgIpc) is 2.26. The van der Waals surface area contributed by atoms with Crippen LogP contribution in [0.15, 0.2) is 0 Å². The van der Waals surface area contributed by atoms with E-state index >= 15 is 0 Å². The molecule has 1 amide bonds. The van der Waals surface area contributed by atoms with Gasteiger partial charge in [0.25, 0.3) is 0 Å². The van der Waals surface area contributed by atoms with Gasteiger partial charge in [-0.15, -0.1) is 0 Å². The van der Waals surface area contributed by atoms with Crippen LogP contribution in [0.4, 0.5) is 0 Å². The molecule has 0 aliphatic heterocycles. The number of thioether (sulfide) groups is 1. The van der Waals surface area contributed by atoms with E-state index in [4.69, 9.17) is 4.74 Å². The van der Waals surface area contributed by atoms with Gasteiger partial charge >= 0.3 is 0 Å². The van der Waals surface area contributed by atoms with E-state index in [2.05, 4.69) is 30.7 Å². The third-order valence-electron chi connectivity index (χ3n) is 2.39. The summed E-state index contributed by atoms with van der Waals surface area (Å²) in [6.45, 7) is 8.11. The number of methoxy groups -OCH3 is 1. The lowest BCUT2D eigenvalue weighted by Gasteiger charge is -2.24. The predicted molar refractivity (Wildman–Crippen MR) is 69.9 cm³/mol. The molecule has 0 rings (SSSR count). The maximum absolute atomic E-state index is 11.6. The Kier molecular flexibility index (Phi) is 7.80. The van der Waals surface area contributed by atoms with Crippen LogP contribution in [0.25, 0.3) is 0 Å². The number of carbonyl (C=O) groups excluding carboxylic acids is 1. The van der Waals surface area contributed by atoms with Gasteiger partial charge < -0.3 is 15.4 Å². The van der Waals surface area contributed by atoms with E-state index in [1.54, 1.807) is 18.9 Å². The Morgan fingerprint density at radius 3 is 2.62 bits per heavy atom. The van der Waals surface area contributed by atoms with Gasteiger partial charge in [0.1, 0.15) is 0 Å². The second-order valence-corrected chi connectivity index (χ2v) is 5.86. The minimum Gasteiger partial charge on any atom is -0.383 e. The van der Waals surface area contributed by atoms with E-state index in [1.165, 1.54) is 0 Å². The highest BCUT2D eigenvalue weighted by molar-refractivity contribution is 7.99. The molecular formula is C11H24N2O2S. The first-order valence-corrected chi connectivity index (χ1v) is 6.70. The molecule has 0 fully saturated rings. The molecule has 0 saturated heterocycles. The molecule has 0 aromatic rings. The fourth-order valence-electron chi connectivity index (χ4n) is 0.993. The highest BCUT2D eigenvalue weighted by Crippen LogP contribution is 2.19. The molecule has 0 heterocycles. The highest BCUT2D eigenvalue weighted by atomic mass is 32.2. The molecule has 96 valence electrons. The Bertz CT molecular complexity index is 210. The molecule has 1 unspecified atom stereocenters. The maximum Gasteiger partial charge on any atom is 0.236 e. The number of ether oxygens (including phenoxy) is 1. The molecule has 16 heavy (non-hydrogen) atoms. The first kappa shape index (κ1) is 15.7. The largest absolute Gasteiger partial charge is 0.383 e. The van der Waals surface area contributed by atoms with E-state index < -0.39 is 0 Å². The Balaban J connectivity index is 3.79. The highest BCUT2D eigenvalue weighted by Gasteiger charge is 2.19. The Morgan fingerprint density at radius 1 is 1.50 bits per heavy atom. The van der Waals surface area contributed by atoms with Gasteiger partial charge in [-0.1, -0.05) is 0 Å². The molecule has 0 spiro atoms. The van der Waals surface area contributed by atoms with Crippen molar-refractivity contribution in [2.24, 2.45) is 0 Å². The first-order chi connectivity index (χ1) is 7.43. The summed E-state index contributed by atoms with van der Waals surface area (Å²) in [5.74, 6) is 0.0222. The van der Waals surface area contributed by atoms with Crippen molar-refractivity contribution in [3.63, 3.8) is 0 Å². The Morgan fingerprint density at radius 2 is 2.12 bits per heavy atom. The van der Waals surface area contributed by atoms with Gasteiger partial charge in [0.2, 0.25) is 5.91 Å². The average molecular weight is 248 g/mol. The van der Waals surface area contributed by atoms with Gasteiger partial charge in [0, 0.05) is 24.9 Å². The van der Waals surface area contributed by atoms with E-state index in [0.717, 1.165) is 6.54 Å². The van der Waals surface area contributed by atoms with Crippen molar-refractivity contribution in [2.45, 2.75) is 31.6 Å². The molecule has 0 aromatic carbocycles. The Labute approximate surface area is 103 Å². The lowest BCUT2D eigenvalue weighted by molar-refractivity contribution is -0.122. The fourth-order valence-corrected chi connectivity index (χ4v) is 1.22. The number of rotatable bonds is 8. The minimum atomic E-state index is -0.164. The van der Waals surface area contributed by atoms with E-state index in [9.17, 15) is 4.79 Å². The van der Waals surface area contributed by atoms with E-state index in [-0.39, 0.29) is 16.7 Å². The van der Waals surface area contributed by atoms with Gasteiger partial charge in [0.05, 0.1) is 12.6 Å². The third kappa shape index (κ3) is 7.09. The van der Waals surface area contributed by atoms with Crippen molar-refractivity contribution >= 4 is 17.7 Å². The molecule has 0 bridgehead atoms. The number of hydrogen-bond acceptors (Lipinski definition) is 4. The molecule has 0 radical (unpaired) electrons. The lowest BCUT2D eigenvalue weighted by Crippen LogP contribution is -2.46. The summed E-state index contributed by atoms with van der Waals surface area (Å²) >= 11 is 1.79. The fraction of sp³-hybridized carbons (Fsp3) is 0.909. The lowest BCUT2D eigenvalue weighted by atomic mass is 10.2. The van der Waals surface area contributed by atoms with Gasteiger partial charge in [-0.05, 0) is 27.0 Å². The van der Waals surface area contributed by atoms with Crippen LogP contribution < -0.4 is 10.6 Å². The molecular weight excluding hydrogens is 224 g/mol. The second-order valence-electron chi connectivity index (χ2n) is 4.35. The normalized spacial score (nSPS) is 13.6. The standard InChI is InChI=1S/C11H24N2O2S/c1-9(10(14)12-6-7-15-4)13-8-11(2,3)16-5/h9,13H,6-8H2,1-5H3,(H,12,14). The summed E-state index contributed by atoms with van der Waals surface area (Å²) in [7, 11) is 1.62. The van der Waals surface area contributed by atoms with Crippen molar-refractivity contribution in [3.05, 3.63) is 0 Å². The molecule has 0 aliphatic rings. The van der Waals surface area contributed by atoms with Crippen LogP contribution in [-0.4, -0.2) is 49.8 Å². The third-order valence-corrected chi connectivity index (χ3v) is 3.63. The van der Waals surface area contributed by atoms with Crippen LogP contribution in [0.2, 0.25) is 0 Å². The van der Waals surface area contributed by atoms with Crippen molar-refractivity contribution in [3.8, 4) is 0 Å². The van der Waals surface area contributed by atoms with E-state index in [1.807, 2.05) is 6.92 Å². The van der Waals surface area contributed by atoms with Gasteiger partial charge in [-0.2, -0.15) is 11.8 Å². The molecule has 5 heteroatoms. The zero-order valence-corrected chi connectivity index (χ0v) is 11.7. The first-order valence-electron chi connectivity index (χ1n) is 5.48. The SMILES string of the molecule is COCCNC(=O)C(C)NCC(C)(C)SC. The topological polar surface area (TPSA) is 50.4 Å². The molecule has 1 atom stereocenters. The van der Waals surface area contributed by atoms with Crippen LogP contribution in [0.3, 0.4) is 0 Å². The van der Waals surface area contributed by atoms with Crippen LogP contribution >= 0.6 is 11.8 Å². The minimum absolute atomic E-state index is 0.0222. The zero-order valence-electron chi connectivity index (χ0n) is 10.9. The van der Waals surface area contributed by atoms with Crippen LogP contribution in [0.1, 0.15) is 20.8 Å². The number of carbonyl (C=O) groups is 1. The molecule has 4 nitrogen and oxygen atoms in total. The summed E-state index contributed by atoms with van der Waals surface area (Å²) in [5, 5.41) is 6.03. The van der Waals surface area contributed by atoms with Crippen LogP contribution in [0.5, 0.6) is 0 Å². The van der Waals surface area contributed by atoms with Crippen molar-refractivity contribution < 1.29 is 9.53 Å². The van der Waals surface area contributed by atoms with Gasteiger partial charge in [-0.3, -0.25) is 4.79 Å². The van der Waals surface area contributed by atoms with Crippen LogP contribution in [0, 0.1) is 0 Å². The maximum atomic E-state index is 11.6. The molecule has 2 N–H and O–H groups in total. The number of amides is 1. The molecule has 0 aromatic heterocycles. The summed E-state index contributed by atoms with van der Waals surface area (Å²) in [6.07, 6.45) is 2.07. The summed E-state index contributed by atoms with van der Waals surface area (Å²) in [5.41, 5.74) is 0. The predicted octanol–water partition coefficient (Wildman–Crippen LogP) is 0.869. The van der Waals surface area contributed by atoms with Crippen molar-refractivity contribution in [1.29, 1.82) is 0 Å². The molecule has 0 saturated carbocycles. The van der Waals surface area contributed by atoms with Gasteiger partial charge in [0.15, 0.2) is 0 Å². The van der Waals surface area contributed by atoms with Crippen LogP contribution in [-0.2, 0) is 9.53 Å².